The summed E-state index contributed by atoms with van der Waals surface area (Å²) in [5.74, 6) is 7.07. The number of nitrogens with two attached hydrogens (primary N) is 1. The number of hydrogen-bond acceptors (Lipinski definition) is 6. The summed E-state index contributed by atoms with van der Waals surface area (Å²) in [5, 5.41) is 3.85. The third-order valence-corrected chi connectivity index (χ3v) is 3.18. The Morgan fingerprint density at radius 3 is 2.90 bits per heavy atom. The van der Waals surface area contributed by atoms with E-state index in [-0.39, 0.29) is 0 Å². The van der Waals surface area contributed by atoms with E-state index in [9.17, 15) is 0 Å². The van der Waals surface area contributed by atoms with Gasteiger partial charge >= 0.3 is 0 Å². The van der Waals surface area contributed by atoms with Crippen LogP contribution in [0.15, 0.2) is 24.4 Å². The van der Waals surface area contributed by atoms with Gasteiger partial charge in [0.05, 0.1) is 7.11 Å². The number of ether oxygens (including phenoxy) is 1. The van der Waals surface area contributed by atoms with Gasteiger partial charge in [0, 0.05) is 28.9 Å². The summed E-state index contributed by atoms with van der Waals surface area (Å²) in [6, 6.07) is 5.53. The molecule has 0 unspecified atom stereocenters. The van der Waals surface area contributed by atoms with E-state index in [1.54, 1.807) is 13.3 Å². The first-order valence-electron chi connectivity index (χ1n) is 6.01. The highest BCUT2D eigenvalue weighted by molar-refractivity contribution is 6.31. The molecule has 1 aromatic heterocycles. The second-order valence-corrected chi connectivity index (χ2v) is 4.55. The van der Waals surface area contributed by atoms with E-state index in [1.807, 2.05) is 25.1 Å². The molecule has 0 aliphatic carbocycles. The van der Waals surface area contributed by atoms with E-state index >= 15 is 0 Å². The lowest BCUT2D eigenvalue weighted by Gasteiger charge is -2.13. The van der Waals surface area contributed by atoms with Crippen molar-refractivity contribution in [1.82, 2.24) is 9.97 Å². The molecule has 1 aromatic carbocycles. The predicted molar refractivity (Wildman–Crippen MR) is 79.9 cm³/mol. The standard InChI is InChI=1S/C13H16ClN5O/c1-8-6-17-13(19-15)18-12(8)16-7-9-10(14)4-3-5-11(9)20-2/h3-6H,7,15H2,1-2H3,(H2,16,17,18,19). The molecule has 0 saturated heterocycles. The van der Waals surface area contributed by atoms with Crippen molar-refractivity contribution >= 4 is 23.4 Å². The number of anilines is 2. The molecular weight excluding hydrogens is 278 g/mol. The normalized spacial score (nSPS) is 10.2. The molecule has 0 aliphatic rings. The van der Waals surface area contributed by atoms with Gasteiger partial charge in [0.1, 0.15) is 11.6 Å². The Balaban J connectivity index is 2.21. The van der Waals surface area contributed by atoms with Crippen molar-refractivity contribution < 1.29 is 4.74 Å². The summed E-state index contributed by atoms with van der Waals surface area (Å²) < 4.78 is 5.30. The second kappa shape index (κ2) is 6.40. The van der Waals surface area contributed by atoms with E-state index in [0.29, 0.717) is 23.3 Å². The number of rotatable bonds is 5. The minimum absolute atomic E-state index is 0.351. The molecule has 1 heterocycles. The fraction of sp³-hybridized carbons (Fsp3) is 0.231. The lowest BCUT2D eigenvalue weighted by molar-refractivity contribution is 0.410. The van der Waals surface area contributed by atoms with Crippen LogP contribution in [0.4, 0.5) is 11.8 Å². The van der Waals surface area contributed by atoms with Crippen LogP contribution in [0.5, 0.6) is 5.75 Å². The van der Waals surface area contributed by atoms with Crippen molar-refractivity contribution in [3.63, 3.8) is 0 Å². The van der Waals surface area contributed by atoms with Crippen molar-refractivity contribution in [2.75, 3.05) is 17.9 Å². The van der Waals surface area contributed by atoms with Crippen LogP contribution in [-0.4, -0.2) is 17.1 Å². The molecular formula is C13H16ClN5O. The smallest absolute Gasteiger partial charge is 0.239 e. The van der Waals surface area contributed by atoms with Gasteiger partial charge in [0.2, 0.25) is 5.95 Å². The molecule has 0 fully saturated rings. The monoisotopic (exact) mass is 293 g/mol. The van der Waals surface area contributed by atoms with Crippen molar-refractivity contribution in [3.05, 3.63) is 40.5 Å². The van der Waals surface area contributed by atoms with Crippen LogP contribution in [0.3, 0.4) is 0 Å². The van der Waals surface area contributed by atoms with Gasteiger partial charge in [-0.15, -0.1) is 0 Å². The molecule has 0 bridgehead atoms. The Bertz CT molecular complexity index is 605. The van der Waals surface area contributed by atoms with E-state index < -0.39 is 0 Å². The molecule has 0 aliphatic heterocycles. The molecule has 7 heteroatoms. The van der Waals surface area contributed by atoms with E-state index in [2.05, 4.69) is 20.7 Å². The molecule has 6 nitrogen and oxygen atoms in total. The van der Waals surface area contributed by atoms with Crippen LogP contribution in [0, 0.1) is 6.92 Å². The van der Waals surface area contributed by atoms with Gasteiger partial charge in [-0.25, -0.2) is 10.8 Å². The van der Waals surface area contributed by atoms with Gasteiger partial charge < -0.3 is 10.1 Å². The van der Waals surface area contributed by atoms with Crippen LogP contribution in [0.2, 0.25) is 5.02 Å². The molecule has 0 atom stereocenters. The lowest BCUT2D eigenvalue weighted by Crippen LogP contribution is -2.13. The first-order chi connectivity index (χ1) is 9.65. The van der Waals surface area contributed by atoms with Crippen molar-refractivity contribution in [2.45, 2.75) is 13.5 Å². The molecule has 0 spiro atoms. The number of hydrogen-bond donors (Lipinski definition) is 3. The Kier molecular flexibility index (Phi) is 4.60. The van der Waals surface area contributed by atoms with E-state index in [0.717, 1.165) is 16.9 Å². The summed E-state index contributed by atoms with van der Waals surface area (Å²) >= 11 is 6.19. The van der Waals surface area contributed by atoms with Crippen molar-refractivity contribution in [1.29, 1.82) is 0 Å². The van der Waals surface area contributed by atoms with Gasteiger partial charge in [0.25, 0.3) is 0 Å². The minimum Gasteiger partial charge on any atom is -0.496 e. The third kappa shape index (κ3) is 3.09. The Morgan fingerprint density at radius 1 is 1.40 bits per heavy atom. The fourth-order valence-electron chi connectivity index (χ4n) is 1.76. The number of benzene rings is 1. The number of nitrogens with zero attached hydrogens (tertiary/aromatic N) is 2. The average Bonchev–Trinajstić information content (AvgIpc) is 2.47. The zero-order valence-electron chi connectivity index (χ0n) is 11.3. The topological polar surface area (TPSA) is 85.1 Å². The number of methoxy groups -OCH3 is 1. The molecule has 20 heavy (non-hydrogen) atoms. The zero-order chi connectivity index (χ0) is 14.5. The number of hydrazine groups is 1. The maximum absolute atomic E-state index is 6.19. The summed E-state index contributed by atoms with van der Waals surface area (Å²) in [4.78, 5) is 8.27. The maximum atomic E-state index is 6.19. The summed E-state index contributed by atoms with van der Waals surface area (Å²) in [6.45, 7) is 2.40. The largest absolute Gasteiger partial charge is 0.496 e. The highest BCUT2D eigenvalue weighted by Crippen LogP contribution is 2.27. The van der Waals surface area contributed by atoms with Gasteiger partial charge in [-0.1, -0.05) is 17.7 Å². The lowest BCUT2D eigenvalue weighted by atomic mass is 10.2. The molecule has 2 aromatic rings. The highest BCUT2D eigenvalue weighted by Gasteiger charge is 2.09. The quantitative estimate of drug-likeness (QED) is 0.579. The molecule has 0 saturated carbocycles. The van der Waals surface area contributed by atoms with E-state index in [4.69, 9.17) is 22.2 Å². The maximum Gasteiger partial charge on any atom is 0.239 e. The Hall–Kier alpha value is -2.05. The highest BCUT2D eigenvalue weighted by atomic mass is 35.5. The molecule has 4 N–H and O–H groups in total. The van der Waals surface area contributed by atoms with Gasteiger partial charge in [-0.05, 0) is 19.1 Å². The van der Waals surface area contributed by atoms with Crippen molar-refractivity contribution in [2.24, 2.45) is 5.84 Å². The van der Waals surface area contributed by atoms with Gasteiger partial charge in [-0.3, -0.25) is 5.43 Å². The van der Waals surface area contributed by atoms with Crippen LogP contribution >= 0.6 is 11.6 Å². The number of nitrogen functional groups attached to an aromatic ring is 1. The van der Waals surface area contributed by atoms with Crippen LogP contribution in [0.1, 0.15) is 11.1 Å². The van der Waals surface area contributed by atoms with Crippen molar-refractivity contribution in [3.8, 4) is 5.75 Å². The molecule has 0 radical (unpaired) electrons. The van der Waals surface area contributed by atoms with Crippen LogP contribution in [0.25, 0.3) is 0 Å². The average molecular weight is 294 g/mol. The summed E-state index contributed by atoms with van der Waals surface area (Å²) in [7, 11) is 1.61. The number of aromatic nitrogens is 2. The fourth-order valence-corrected chi connectivity index (χ4v) is 2.00. The number of aryl methyl sites for hydroxylation is 1. The predicted octanol–water partition coefficient (Wildman–Crippen LogP) is 2.34. The number of halogens is 1. The molecule has 0 amide bonds. The Labute approximate surface area is 122 Å². The van der Waals surface area contributed by atoms with Crippen LogP contribution in [-0.2, 0) is 6.54 Å². The molecule has 106 valence electrons. The zero-order valence-corrected chi connectivity index (χ0v) is 12.0. The SMILES string of the molecule is COc1cccc(Cl)c1CNc1nc(NN)ncc1C. The van der Waals surface area contributed by atoms with Gasteiger partial charge in [0.15, 0.2) is 0 Å². The molecule has 2 rings (SSSR count). The summed E-state index contributed by atoms with van der Waals surface area (Å²) in [5.41, 5.74) is 4.20. The summed E-state index contributed by atoms with van der Waals surface area (Å²) in [6.07, 6.45) is 1.69. The third-order valence-electron chi connectivity index (χ3n) is 2.83. The Morgan fingerprint density at radius 2 is 2.20 bits per heavy atom. The van der Waals surface area contributed by atoms with Crippen LogP contribution < -0.4 is 21.3 Å². The number of nitrogens with one attached hydrogen (secondary N) is 2. The second-order valence-electron chi connectivity index (χ2n) is 4.14. The van der Waals surface area contributed by atoms with E-state index in [1.165, 1.54) is 0 Å². The first-order valence-corrected chi connectivity index (χ1v) is 6.39. The van der Waals surface area contributed by atoms with Gasteiger partial charge in [-0.2, -0.15) is 4.98 Å². The first kappa shape index (κ1) is 14.4. The minimum atomic E-state index is 0.351.